The minimum absolute atomic E-state index is 0.558. The topological polar surface area (TPSA) is 60.0 Å². The lowest BCUT2D eigenvalue weighted by atomic mass is 9.94. The van der Waals surface area contributed by atoms with Crippen LogP contribution in [0.3, 0.4) is 0 Å². The van der Waals surface area contributed by atoms with Gasteiger partial charge >= 0.3 is 0 Å². The molecule has 1 aliphatic heterocycles. The van der Waals surface area contributed by atoms with Gasteiger partial charge in [-0.2, -0.15) is 0 Å². The Morgan fingerprint density at radius 3 is 2.70 bits per heavy atom. The molecule has 1 heterocycles. The lowest BCUT2D eigenvalue weighted by Crippen LogP contribution is -2.44. The van der Waals surface area contributed by atoms with Gasteiger partial charge in [-0.05, 0) is 19.4 Å². The zero-order chi connectivity index (χ0) is 16.5. The summed E-state index contributed by atoms with van der Waals surface area (Å²) in [6, 6.07) is 5.95. The molecule has 1 aromatic carbocycles. The molecular formula is C18H29NO4. The van der Waals surface area contributed by atoms with E-state index in [-0.39, 0.29) is 0 Å². The van der Waals surface area contributed by atoms with Gasteiger partial charge in [0.2, 0.25) is 0 Å². The van der Waals surface area contributed by atoms with E-state index in [0.29, 0.717) is 52.4 Å². The second-order valence-corrected chi connectivity index (χ2v) is 5.97. The predicted molar refractivity (Wildman–Crippen MR) is 90.1 cm³/mol. The first-order valence-corrected chi connectivity index (χ1v) is 8.57. The molecule has 5 heteroatoms. The zero-order valence-electron chi connectivity index (χ0n) is 14.3. The first-order valence-electron chi connectivity index (χ1n) is 8.57. The molecule has 23 heavy (non-hydrogen) atoms. The van der Waals surface area contributed by atoms with E-state index in [1.54, 1.807) is 0 Å². The van der Waals surface area contributed by atoms with Gasteiger partial charge in [-0.15, -0.1) is 0 Å². The van der Waals surface area contributed by atoms with Gasteiger partial charge in [0, 0.05) is 44.7 Å². The molecule has 0 amide bonds. The quantitative estimate of drug-likeness (QED) is 0.731. The van der Waals surface area contributed by atoms with Gasteiger partial charge in [-0.25, -0.2) is 0 Å². The third kappa shape index (κ3) is 5.37. The van der Waals surface area contributed by atoms with Crippen molar-refractivity contribution in [2.45, 2.75) is 45.3 Å². The summed E-state index contributed by atoms with van der Waals surface area (Å²) in [6.45, 7) is 7.78. The van der Waals surface area contributed by atoms with Crippen LogP contribution in [0.25, 0.3) is 0 Å². The molecular weight excluding hydrogens is 294 g/mol. The fraction of sp³-hybridized carbons (Fsp3) is 0.667. The fourth-order valence-electron chi connectivity index (χ4n) is 2.70. The Balaban J connectivity index is 1.98. The smallest absolute Gasteiger partial charge is 0.165 e. The number of para-hydroxylation sites is 1. The number of hydrogen-bond donors (Lipinski definition) is 2. The third-order valence-corrected chi connectivity index (χ3v) is 4.00. The number of rotatable bonds is 9. The maximum atomic E-state index is 10.5. The summed E-state index contributed by atoms with van der Waals surface area (Å²) < 4.78 is 16.9. The van der Waals surface area contributed by atoms with Crippen LogP contribution in [0.2, 0.25) is 0 Å². The summed E-state index contributed by atoms with van der Waals surface area (Å²) in [5.41, 5.74) is 0.389. The number of hydrogen-bond acceptors (Lipinski definition) is 5. The van der Waals surface area contributed by atoms with Crippen LogP contribution in [-0.2, 0) is 11.3 Å². The Morgan fingerprint density at radius 1 is 1.22 bits per heavy atom. The highest BCUT2D eigenvalue weighted by atomic mass is 16.5. The van der Waals surface area contributed by atoms with Crippen LogP contribution < -0.4 is 14.8 Å². The van der Waals surface area contributed by atoms with E-state index in [2.05, 4.69) is 12.2 Å². The number of nitrogens with one attached hydrogen (secondary N) is 1. The van der Waals surface area contributed by atoms with Crippen LogP contribution in [0.15, 0.2) is 18.2 Å². The van der Waals surface area contributed by atoms with Crippen LogP contribution in [-0.4, -0.2) is 43.7 Å². The maximum absolute atomic E-state index is 10.5. The standard InChI is InChI=1S/C18H29NO4/c1-3-10-23-17-15(6-5-7-16(17)22-4-2)13-19-14-18(20)8-11-21-12-9-18/h5-7,19-20H,3-4,8-14H2,1-2H3. The van der Waals surface area contributed by atoms with Crippen molar-refractivity contribution in [3.05, 3.63) is 23.8 Å². The van der Waals surface area contributed by atoms with E-state index in [0.717, 1.165) is 23.5 Å². The predicted octanol–water partition coefficient (Wildman–Crippen LogP) is 2.51. The highest BCUT2D eigenvalue weighted by Gasteiger charge is 2.29. The molecule has 2 rings (SSSR count). The summed E-state index contributed by atoms with van der Waals surface area (Å²) in [6.07, 6.45) is 2.31. The molecule has 0 radical (unpaired) electrons. The van der Waals surface area contributed by atoms with Crippen molar-refractivity contribution in [2.75, 3.05) is 33.0 Å². The third-order valence-electron chi connectivity index (χ3n) is 4.00. The van der Waals surface area contributed by atoms with Crippen LogP contribution in [0.1, 0.15) is 38.7 Å². The van der Waals surface area contributed by atoms with Crippen molar-refractivity contribution in [3.63, 3.8) is 0 Å². The van der Waals surface area contributed by atoms with Crippen LogP contribution in [0.4, 0.5) is 0 Å². The highest BCUT2D eigenvalue weighted by Crippen LogP contribution is 2.31. The van der Waals surface area contributed by atoms with Gasteiger partial charge in [0.15, 0.2) is 11.5 Å². The molecule has 0 saturated carbocycles. The lowest BCUT2D eigenvalue weighted by molar-refractivity contribution is -0.0617. The van der Waals surface area contributed by atoms with Crippen LogP contribution in [0.5, 0.6) is 11.5 Å². The van der Waals surface area contributed by atoms with Gasteiger partial charge < -0.3 is 24.6 Å². The summed E-state index contributed by atoms with van der Waals surface area (Å²) in [5, 5.41) is 13.9. The monoisotopic (exact) mass is 323 g/mol. The molecule has 1 saturated heterocycles. The Labute approximate surface area is 138 Å². The summed E-state index contributed by atoms with van der Waals surface area (Å²) in [5.74, 6) is 1.59. The van der Waals surface area contributed by atoms with Crippen molar-refractivity contribution in [1.82, 2.24) is 5.32 Å². The average Bonchev–Trinajstić information content (AvgIpc) is 2.55. The van der Waals surface area contributed by atoms with Crippen molar-refractivity contribution in [3.8, 4) is 11.5 Å². The first-order chi connectivity index (χ1) is 11.2. The number of benzene rings is 1. The average molecular weight is 323 g/mol. The lowest BCUT2D eigenvalue weighted by Gasteiger charge is -2.32. The fourth-order valence-corrected chi connectivity index (χ4v) is 2.70. The molecule has 0 aromatic heterocycles. The molecule has 2 N–H and O–H groups in total. The van der Waals surface area contributed by atoms with Crippen molar-refractivity contribution in [1.29, 1.82) is 0 Å². The second kappa shape index (κ2) is 9.11. The van der Waals surface area contributed by atoms with E-state index in [4.69, 9.17) is 14.2 Å². The Kier molecular flexibility index (Phi) is 7.15. The molecule has 0 spiro atoms. The SMILES string of the molecule is CCCOc1c(CNCC2(O)CCOCC2)cccc1OCC. The minimum Gasteiger partial charge on any atom is -0.490 e. The molecule has 1 aliphatic rings. The molecule has 1 fully saturated rings. The van der Waals surface area contributed by atoms with Gasteiger partial charge in [-0.1, -0.05) is 19.1 Å². The summed E-state index contributed by atoms with van der Waals surface area (Å²) >= 11 is 0. The Bertz CT molecular complexity index is 472. The van der Waals surface area contributed by atoms with Crippen molar-refractivity contribution in [2.24, 2.45) is 0 Å². The van der Waals surface area contributed by atoms with Crippen molar-refractivity contribution >= 4 is 0 Å². The van der Waals surface area contributed by atoms with E-state index < -0.39 is 5.60 Å². The molecule has 1 aromatic rings. The normalized spacial score (nSPS) is 17.0. The number of ether oxygens (including phenoxy) is 3. The summed E-state index contributed by atoms with van der Waals surface area (Å²) in [4.78, 5) is 0. The minimum atomic E-state index is -0.666. The molecule has 0 aliphatic carbocycles. The molecule has 130 valence electrons. The van der Waals surface area contributed by atoms with E-state index in [1.165, 1.54) is 0 Å². The zero-order valence-corrected chi connectivity index (χ0v) is 14.3. The van der Waals surface area contributed by atoms with Crippen molar-refractivity contribution < 1.29 is 19.3 Å². The molecule has 0 atom stereocenters. The van der Waals surface area contributed by atoms with Crippen LogP contribution in [0, 0.1) is 0 Å². The Hall–Kier alpha value is -1.30. The first kappa shape index (κ1) is 18.0. The maximum Gasteiger partial charge on any atom is 0.165 e. The van der Waals surface area contributed by atoms with Gasteiger partial charge in [0.1, 0.15) is 0 Å². The van der Waals surface area contributed by atoms with Gasteiger partial charge in [0.25, 0.3) is 0 Å². The molecule has 5 nitrogen and oxygen atoms in total. The molecule has 0 bridgehead atoms. The van der Waals surface area contributed by atoms with Gasteiger partial charge in [0.05, 0.1) is 18.8 Å². The van der Waals surface area contributed by atoms with E-state index in [1.807, 2.05) is 25.1 Å². The van der Waals surface area contributed by atoms with E-state index >= 15 is 0 Å². The number of aliphatic hydroxyl groups is 1. The second-order valence-electron chi connectivity index (χ2n) is 5.97. The summed E-state index contributed by atoms with van der Waals surface area (Å²) in [7, 11) is 0. The Morgan fingerprint density at radius 2 is 2.00 bits per heavy atom. The highest BCUT2D eigenvalue weighted by molar-refractivity contribution is 5.46. The molecule has 0 unspecified atom stereocenters. The van der Waals surface area contributed by atoms with E-state index in [9.17, 15) is 5.11 Å². The van der Waals surface area contributed by atoms with Gasteiger partial charge in [-0.3, -0.25) is 0 Å². The largest absolute Gasteiger partial charge is 0.490 e. The van der Waals surface area contributed by atoms with Crippen LogP contribution >= 0.6 is 0 Å².